The molecule has 0 aromatic heterocycles. The Labute approximate surface area is 122 Å². The second-order valence-corrected chi connectivity index (χ2v) is 3.82. The molecule has 1 aliphatic rings. The average Bonchev–Trinajstić information content (AvgIpc) is 3.05. The minimum atomic E-state index is -0.899. The highest BCUT2D eigenvalue weighted by Gasteiger charge is 2.13. The number of aliphatic imine (C=N–C) groups is 1. The standard InChI is InChI=1S/C12H14N2O2.2C2H6/c1-14(11-6-3-7-13-11)10-5-2-4-9(8-10)12(15)16;2*1-2/h2,4-5,8H,3,6-7H2,1H3,(H,15,16);2*1-2H3. The zero-order valence-corrected chi connectivity index (χ0v) is 13.2. The first kappa shape index (κ1) is 18.2. The van der Waals surface area contributed by atoms with Gasteiger partial charge in [0.15, 0.2) is 0 Å². The molecule has 1 heterocycles. The molecule has 0 saturated heterocycles. The molecule has 0 aliphatic carbocycles. The third-order valence-corrected chi connectivity index (χ3v) is 2.72. The van der Waals surface area contributed by atoms with Crippen LogP contribution in [0.1, 0.15) is 50.9 Å². The van der Waals surface area contributed by atoms with Crippen molar-refractivity contribution in [3.8, 4) is 0 Å². The van der Waals surface area contributed by atoms with Crippen LogP contribution in [0.2, 0.25) is 0 Å². The molecule has 112 valence electrons. The Kier molecular flexibility index (Phi) is 9.09. The third-order valence-electron chi connectivity index (χ3n) is 2.72. The van der Waals surface area contributed by atoms with Gasteiger partial charge in [-0.15, -0.1) is 0 Å². The highest BCUT2D eigenvalue weighted by atomic mass is 16.4. The van der Waals surface area contributed by atoms with Gasteiger partial charge in [-0.25, -0.2) is 4.79 Å². The van der Waals surface area contributed by atoms with Gasteiger partial charge in [0.1, 0.15) is 5.84 Å². The van der Waals surface area contributed by atoms with Gasteiger partial charge >= 0.3 is 5.97 Å². The minimum absolute atomic E-state index is 0.308. The molecule has 0 unspecified atom stereocenters. The second-order valence-electron chi connectivity index (χ2n) is 3.82. The summed E-state index contributed by atoms with van der Waals surface area (Å²) in [4.78, 5) is 17.2. The van der Waals surface area contributed by atoms with Crippen LogP contribution in [0.3, 0.4) is 0 Å². The number of hydrogen-bond acceptors (Lipinski definition) is 3. The molecule has 1 aliphatic heterocycles. The lowest BCUT2D eigenvalue weighted by atomic mass is 10.2. The highest BCUT2D eigenvalue weighted by Crippen LogP contribution is 2.18. The largest absolute Gasteiger partial charge is 0.478 e. The molecule has 0 bridgehead atoms. The molecule has 0 radical (unpaired) electrons. The van der Waals surface area contributed by atoms with Crippen molar-refractivity contribution in [2.24, 2.45) is 4.99 Å². The molecule has 0 saturated carbocycles. The van der Waals surface area contributed by atoms with E-state index >= 15 is 0 Å². The maximum Gasteiger partial charge on any atom is 0.335 e. The van der Waals surface area contributed by atoms with Crippen molar-refractivity contribution in [2.75, 3.05) is 18.5 Å². The molecule has 4 nitrogen and oxygen atoms in total. The van der Waals surface area contributed by atoms with Crippen molar-refractivity contribution in [3.63, 3.8) is 0 Å². The summed E-state index contributed by atoms with van der Waals surface area (Å²) < 4.78 is 0. The summed E-state index contributed by atoms with van der Waals surface area (Å²) in [7, 11) is 1.92. The van der Waals surface area contributed by atoms with Gasteiger partial charge in [-0.1, -0.05) is 33.8 Å². The van der Waals surface area contributed by atoms with Crippen LogP contribution in [0, 0.1) is 0 Å². The molecule has 1 aromatic rings. The number of aromatic carboxylic acids is 1. The van der Waals surface area contributed by atoms with Crippen LogP contribution in [0.25, 0.3) is 0 Å². The zero-order chi connectivity index (χ0) is 15.5. The summed E-state index contributed by atoms with van der Waals surface area (Å²) in [5.41, 5.74) is 1.18. The van der Waals surface area contributed by atoms with Crippen LogP contribution in [-0.2, 0) is 0 Å². The first-order valence-corrected chi connectivity index (χ1v) is 7.29. The van der Waals surface area contributed by atoms with Crippen molar-refractivity contribution < 1.29 is 9.90 Å². The quantitative estimate of drug-likeness (QED) is 0.887. The monoisotopic (exact) mass is 278 g/mol. The second kappa shape index (κ2) is 10.0. The lowest BCUT2D eigenvalue weighted by Crippen LogP contribution is -2.24. The number of rotatable bonds is 2. The van der Waals surface area contributed by atoms with E-state index < -0.39 is 5.97 Å². The van der Waals surface area contributed by atoms with E-state index in [2.05, 4.69) is 4.99 Å². The van der Waals surface area contributed by atoms with E-state index in [9.17, 15) is 4.79 Å². The fourth-order valence-electron chi connectivity index (χ4n) is 1.79. The van der Waals surface area contributed by atoms with E-state index in [0.717, 1.165) is 30.9 Å². The van der Waals surface area contributed by atoms with Gasteiger partial charge in [-0.3, -0.25) is 4.99 Å². The third kappa shape index (κ3) is 5.03. The molecule has 0 atom stereocenters. The van der Waals surface area contributed by atoms with Crippen LogP contribution in [0.5, 0.6) is 0 Å². The molecule has 1 N–H and O–H groups in total. The Morgan fingerprint density at radius 1 is 1.25 bits per heavy atom. The van der Waals surface area contributed by atoms with E-state index in [1.807, 2.05) is 45.7 Å². The first-order valence-electron chi connectivity index (χ1n) is 7.29. The van der Waals surface area contributed by atoms with Crippen LogP contribution in [0.15, 0.2) is 29.3 Å². The average molecular weight is 278 g/mol. The Morgan fingerprint density at radius 3 is 2.40 bits per heavy atom. The predicted molar refractivity (Wildman–Crippen MR) is 86.0 cm³/mol. The van der Waals surface area contributed by atoms with Gasteiger partial charge in [0.05, 0.1) is 5.56 Å². The van der Waals surface area contributed by atoms with Crippen molar-refractivity contribution in [1.29, 1.82) is 0 Å². The molecule has 0 fully saturated rings. The molecule has 20 heavy (non-hydrogen) atoms. The maximum atomic E-state index is 10.8. The number of nitrogens with zero attached hydrogens (tertiary/aromatic N) is 2. The number of carboxylic acids is 1. The normalized spacial score (nSPS) is 12.3. The van der Waals surface area contributed by atoms with Gasteiger partial charge in [0.2, 0.25) is 0 Å². The molecule has 0 spiro atoms. The lowest BCUT2D eigenvalue weighted by Gasteiger charge is -2.19. The maximum absolute atomic E-state index is 10.8. The molecule has 2 rings (SSSR count). The summed E-state index contributed by atoms with van der Waals surface area (Å²) in [5.74, 6) is 0.131. The van der Waals surface area contributed by atoms with E-state index in [4.69, 9.17) is 5.11 Å². The van der Waals surface area contributed by atoms with Crippen LogP contribution < -0.4 is 4.90 Å². The molecule has 1 aromatic carbocycles. The molecular weight excluding hydrogens is 252 g/mol. The Morgan fingerprint density at radius 2 is 1.90 bits per heavy atom. The van der Waals surface area contributed by atoms with E-state index in [1.54, 1.807) is 18.2 Å². The number of amidine groups is 1. The van der Waals surface area contributed by atoms with Gasteiger partial charge in [0, 0.05) is 25.7 Å². The topological polar surface area (TPSA) is 52.9 Å². The van der Waals surface area contributed by atoms with Crippen molar-refractivity contribution in [2.45, 2.75) is 40.5 Å². The summed E-state index contributed by atoms with van der Waals surface area (Å²) >= 11 is 0. The molecule has 0 amide bonds. The van der Waals surface area contributed by atoms with Crippen LogP contribution >= 0.6 is 0 Å². The van der Waals surface area contributed by atoms with Gasteiger partial charge < -0.3 is 10.0 Å². The summed E-state index contributed by atoms with van der Waals surface area (Å²) in [6, 6.07) is 6.91. The first-order chi connectivity index (χ1) is 9.68. The highest BCUT2D eigenvalue weighted by molar-refractivity contribution is 5.99. The fraction of sp³-hybridized carbons (Fsp3) is 0.500. The Bertz CT molecular complexity index is 442. The smallest absolute Gasteiger partial charge is 0.335 e. The Balaban J connectivity index is 0.000000829. The molecular formula is C16H26N2O2. The van der Waals surface area contributed by atoms with E-state index in [0.29, 0.717) is 5.56 Å². The molecule has 4 heteroatoms. The van der Waals surface area contributed by atoms with Crippen LogP contribution in [-0.4, -0.2) is 30.5 Å². The number of benzene rings is 1. The number of anilines is 1. The SMILES string of the molecule is CC.CC.CN(C1=NCCC1)c1cccc(C(=O)O)c1. The Hall–Kier alpha value is -1.84. The summed E-state index contributed by atoms with van der Waals surface area (Å²) in [6.07, 6.45) is 2.05. The van der Waals surface area contributed by atoms with Crippen molar-refractivity contribution in [1.82, 2.24) is 0 Å². The van der Waals surface area contributed by atoms with Gasteiger partial charge in [-0.2, -0.15) is 0 Å². The van der Waals surface area contributed by atoms with Crippen molar-refractivity contribution >= 4 is 17.5 Å². The van der Waals surface area contributed by atoms with Gasteiger partial charge in [0.25, 0.3) is 0 Å². The van der Waals surface area contributed by atoms with Crippen LogP contribution in [0.4, 0.5) is 5.69 Å². The fourth-order valence-corrected chi connectivity index (χ4v) is 1.79. The minimum Gasteiger partial charge on any atom is -0.478 e. The number of carbonyl (C=O) groups is 1. The van der Waals surface area contributed by atoms with E-state index in [1.165, 1.54) is 0 Å². The van der Waals surface area contributed by atoms with E-state index in [-0.39, 0.29) is 0 Å². The number of carboxylic acid groups (broad SMARTS) is 1. The predicted octanol–water partition coefficient (Wildman–Crippen LogP) is 4.07. The zero-order valence-electron chi connectivity index (χ0n) is 13.2. The van der Waals surface area contributed by atoms with Crippen molar-refractivity contribution in [3.05, 3.63) is 29.8 Å². The summed E-state index contributed by atoms with van der Waals surface area (Å²) in [6.45, 7) is 8.87. The number of hydrogen-bond donors (Lipinski definition) is 1. The lowest BCUT2D eigenvalue weighted by molar-refractivity contribution is 0.0697. The van der Waals surface area contributed by atoms with Gasteiger partial charge in [-0.05, 0) is 24.6 Å². The summed E-state index contributed by atoms with van der Waals surface area (Å²) in [5, 5.41) is 8.91.